The van der Waals surface area contributed by atoms with Crippen molar-refractivity contribution in [3.63, 3.8) is 0 Å². The van der Waals surface area contributed by atoms with Crippen molar-refractivity contribution in [3.8, 4) is 6.01 Å². The van der Waals surface area contributed by atoms with Gasteiger partial charge in [-0.25, -0.2) is 0 Å². The molecule has 1 aliphatic carbocycles. The lowest BCUT2D eigenvalue weighted by atomic mass is 10.4. The molecule has 0 spiro atoms. The molecule has 1 fully saturated rings. The van der Waals surface area contributed by atoms with Gasteiger partial charge in [0.1, 0.15) is 0 Å². The number of rotatable bonds is 6. The van der Waals surface area contributed by atoms with E-state index in [9.17, 15) is 0 Å². The molecule has 0 amide bonds. The summed E-state index contributed by atoms with van der Waals surface area (Å²) in [6.07, 6.45) is 5.22. The lowest BCUT2D eigenvalue weighted by Crippen LogP contribution is -2.12. The van der Waals surface area contributed by atoms with Crippen LogP contribution in [0.5, 0.6) is 6.01 Å². The maximum absolute atomic E-state index is 5.59. The van der Waals surface area contributed by atoms with E-state index in [2.05, 4.69) is 20.3 Å². The second-order valence-electron chi connectivity index (χ2n) is 4.95. The highest BCUT2D eigenvalue weighted by molar-refractivity contribution is 7.99. The van der Waals surface area contributed by atoms with Crippen LogP contribution in [0.25, 0.3) is 0 Å². The van der Waals surface area contributed by atoms with Crippen molar-refractivity contribution in [1.82, 2.24) is 15.0 Å². The highest BCUT2D eigenvalue weighted by Crippen LogP contribution is 2.33. The first kappa shape index (κ1) is 14.4. The topological polar surface area (TPSA) is 59.9 Å². The minimum absolute atomic E-state index is 0.0706. The van der Waals surface area contributed by atoms with E-state index in [0.29, 0.717) is 17.2 Å². The molecular weight excluding hydrogens is 260 g/mol. The zero-order chi connectivity index (χ0) is 13.7. The van der Waals surface area contributed by atoms with Crippen molar-refractivity contribution in [1.29, 1.82) is 0 Å². The molecule has 0 saturated heterocycles. The van der Waals surface area contributed by atoms with E-state index in [1.807, 2.05) is 20.8 Å². The molecule has 0 unspecified atom stereocenters. The molecule has 0 aromatic carbocycles. The van der Waals surface area contributed by atoms with E-state index in [1.54, 1.807) is 11.8 Å². The van der Waals surface area contributed by atoms with Gasteiger partial charge in [-0.3, -0.25) is 0 Å². The van der Waals surface area contributed by atoms with Crippen LogP contribution in [0.2, 0.25) is 0 Å². The van der Waals surface area contributed by atoms with Crippen molar-refractivity contribution in [2.75, 3.05) is 11.9 Å². The van der Waals surface area contributed by atoms with Gasteiger partial charge in [0.25, 0.3) is 0 Å². The Morgan fingerprint density at radius 2 is 2.00 bits per heavy atom. The fourth-order valence-electron chi connectivity index (χ4n) is 2.05. The summed E-state index contributed by atoms with van der Waals surface area (Å²) in [4.78, 5) is 13.1. The molecule has 0 radical (unpaired) electrons. The van der Waals surface area contributed by atoms with E-state index in [4.69, 9.17) is 4.74 Å². The number of ether oxygens (including phenoxy) is 1. The Bertz CT molecular complexity index is 408. The summed E-state index contributed by atoms with van der Waals surface area (Å²) in [5.41, 5.74) is 0. The molecule has 1 N–H and O–H groups in total. The van der Waals surface area contributed by atoms with Crippen molar-refractivity contribution in [2.45, 2.75) is 63.0 Å². The van der Waals surface area contributed by atoms with Gasteiger partial charge in [-0.1, -0.05) is 24.6 Å². The molecule has 1 aromatic heterocycles. The van der Waals surface area contributed by atoms with Crippen LogP contribution < -0.4 is 10.1 Å². The Balaban J connectivity index is 2.12. The largest absolute Gasteiger partial charge is 0.461 e. The standard InChI is InChI=1S/C13H22N4OS/c1-4-14-11-15-12(18-9(2)3)17-13(16-11)19-10-7-5-6-8-10/h9-10H,4-8H2,1-3H3,(H,14,15,16,17). The zero-order valence-corrected chi connectivity index (χ0v) is 12.7. The van der Waals surface area contributed by atoms with E-state index in [-0.39, 0.29) is 6.10 Å². The molecule has 1 aromatic rings. The minimum atomic E-state index is 0.0706. The van der Waals surface area contributed by atoms with Gasteiger partial charge in [0.2, 0.25) is 5.95 Å². The number of hydrogen-bond donors (Lipinski definition) is 1. The molecule has 1 aliphatic rings. The lowest BCUT2D eigenvalue weighted by Gasteiger charge is -2.12. The van der Waals surface area contributed by atoms with E-state index < -0.39 is 0 Å². The van der Waals surface area contributed by atoms with Crippen molar-refractivity contribution < 1.29 is 4.74 Å². The van der Waals surface area contributed by atoms with Crippen molar-refractivity contribution >= 4 is 17.7 Å². The monoisotopic (exact) mass is 282 g/mol. The first-order valence-electron chi connectivity index (χ1n) is 7.00. The average molecular weight is 282 g/mol. The molecule has 5 nitrogen and oxygen atoms in total. The number of nitrogens with zero attached hydrogens (tertiary/aromatic N) is 3. The van der Waals surface area contributed by atoms with Crippen LogP contribution >= 0.6 is 11.8 Å². The van der Waals surface area contributed by atoms with Crippen LogP contribution in [-0.2, 0) is 0 Å². The zero-order valence-electron chi connectivity index (χ0n) is 11.8. The summed E-state index contributed by atoms with van der Waals surface area (Å²) in [6.45, 7) is 6.76. The van der Waals surface area contributed by atoms with Crippen LogP contribution in [0, 0.1) is 0 Å². The summed E-state index contributed by atoms with van der Waals surface area (Å²) in [5.74, 6) is 0.605. The molecule has 19 heavy (non-hydrogen) atoms. The molecule has 6 heteroatoms. The van der Waals surface area contributed by atoms with Gasteiger partial charge >= 0.3 is 6.01 Å². The first-order valence-corrected chi connectivity index (χ1v) is 7.88. The normalized spacial score (nSPS) is 16.0. The van der Waals surface area contributed by atoms with E-state index >= 15 is 0 Å². The fourth-order valence-corrected chi connectivity index (χ4v) is 3.18. The third kappa shape index (κ3) is 4.53. The Labute approximate surface area is 119 Å². The maximum atomic E-state index is 5.59. The second kappa shape index (κ2) is 6.93. The summed E-state index contributed by atoms with van der Waals surface area (Å²) in [7, 11) is 0. The maximum Gasteiger partial charge on any atom is 0.322 e. The Kier molecular flexibility index (Phi) is 5.24. The molecule has 2 rings (SSSR count). The number of anilines is 1. The molecule has 1 saturated carbocycles. The van der Waals surface area contributed by atoms with E-state index in [0.717, 1.165) is 11.7 Å². The highest BCUT2D eigenvalue weighted by Gasteiger charge is 2.19. The van der Waals surface area contributed by atoms with Crippen LogP contribution in [0.4, 0.5) is 5.95 Å². The third-order valence-corrected chi connectivity index (χ3v) is 4.04. The third-order valence-electron chi connectivity index (χ3n) is 2.84. The van der Waals surface area contributed by atoms with Crippen LogP contribution in [0.1, 0.15) is 46.5 Å². The number of hydrogen-bond acceptors (Lipinski definition) is 6. The van der Waals surface area contributed by atoms with Crippen molar-refractivity contribution in [3.05, 3.63) is 0 Å². The smallest absolute Gasteiger partial charge is 0.322 e. The number of nitrogens with one attached hydrogen (secondary N) is 1. The summed E-state index contributed by atoms with van der Waals surface area (Å²) < 4.78 is 5.59. The Hall–Kier alpha value is -1.04. The van der Waals surface area contributed by atoms with Gasteiger partial charge in [-0.05, 0) is 33.6 Å². The van der Waals surface area contributed by atoms with Gasteiger partial charge < -0.3 is 10.1 Å². The lowest BCUT2D eigenvalue weighted by molar-refractivity contribution is 0.219. The molecule has 1 heterocycles. The van der Waals surface area contributed by atoms with Gasteiger partial charge in [0.05, 0.1) is 6.10 Å². The summed E-state index contributed by atoms with van der Waals surface area (Å²) in [6, 6.07) is 0.418. The Morgan fingerprint density at radius 3 is 2.63 bits per heavy atom. The predicted molar refractivity (Wildman–Crippen MR) is 77.9 cm³/mol. The van der Waals surface area contributed by atoms with Gasteiger partial charge in [-0.15, -0.1) is 0 Å². The highest BCUT2D eigenvalue weighted by atomic mass is 32.2. The summed E-state index contributed by atoms with van der Waals surface area (Å²) in [5, 5.41) is 4.55. The van der Waals surface area contributed by atoms with Gasteiger partial charge in [0.15, 0.2) is 5.16 Å². The average Bonchev–Trinajstić information content (AvgIpc) is 2.81. The fraction of sp³-hybridized carbons (Fsp3) is 0.769. The molecular formula is C13H22N4OS. The van der Waals surface area contributed by atoms with E-state index in [1.165, 1.54) is 25.7 Å². The second-order valence-corrected chi connectivity index (χ2v) is 6.21. The molecule has 0 bridgehead atoms. The number of aromatic nitrogens is 3. The minimum Gasteiger partial charge on any atom is -0.461 e. The molecule has 0 atom stereocenters. The van der Waals surface area contributed by atoms with Crippen LogP contribution in [0.3, 0.4) is 0 Å². The quantitative estimate of drug-likeness (QED) is 0.865. The summed E-state index contributed by atoms with van der Waals surface area (Å²) >= 11 is 1.75. The predicted octanol–water partition coefficient (Wildman–Crippen LogP) is 3.13. The van der Waals surface area contributed by atoms with Crippen LogP contribution in [0.15, 0.2) is 5.16 Å². The molecule has 0 aliphatic heterocycles. The first-order chi connectivity index (χ1) is 9.17. The number of thioether (sulfide) groups is 1. The van der Waals surface area contributed by atoms with Gasteiger partial charge in [-0.2, -0.15) is 15.0 Å². The van der Waals surface area contributed by atoms with Crippen LogP contribution in [-0.4, -0.2) is 32.9 Å². The van der Waals surface area contributed by atoms with Gasteiger partial charge in [0, 0.05) is 11.8 Å². The van der Waals surface area contributed by atoms with Crippen molar-refractivity contribution in [2.24, 2.45) is 0 Å². The SMILES string of the molecule is CCNc1nc(OC(C)C)nc(SC2CCCC2)n1. The Morgan fingerprint density at radius 1 is 1.26 bits per heavy atom. The molecule has 106 valence electrons.